The minimum absolute atomic E-state index is 0.164. The van der Waals surface area contributed by atoms with Gasteiger partial charge in [-0.15, -0.1) is 0 Å². The molecule has 1 saturated carbocycles. The van der Waals surface area contributed by atoms with Gasteiger partial charge in [0.25, 0.3) is 0 Å². The van der Waals surface area contributed by atoms with Gasteiger partial charge in [-0.25, -0.2) is 9.97 Å². The Bertz CT molecular complexity index is 409. The van der Waals surface area contributed by atoms with Crippen LogP contribution in [0.25, 0.3) is 0 Å². The molecule has 0 unspecified atom stereocenters. The Kier molecular flexibility index (Phi) is 3.43. The van der Waals surface area contributed by atoms with Crippen molar-refractivity contribution in [2.75, 3.05) is 37.8 Å². The minimum Gasteiger partial charge on any atom is -0.396 e. The fourth-order valence-corrected chi connectivity index (χ4v) is 2.34. The summed E-state index contributed by atoms with van der Waals surface area (Å²) in [6, 6.07) is 2.09. The molecule has 2 fully saturated rings. The van der Waals surface area contributed by atoms with E-state index < -0.39 is 0 Å². The molecule has 5 nitrogen and oxygen atoms in total. The van der Waals surface area contributed by atoms with Crippen LogP contribution in [-0.4, -0.2) is 48.0 Å². The van der Waals surface area contributed by atoms with Crippen molar-refractivity contribution in [3.05, 3.63) is 18.1 Å². The van der Waals surface area contributed by atoms with Gasteiger partial charge in [0.2, 0.25) is 0 Å². The van der Waals surface area contributed by atoms with Crippen molar-refractivity contribution in [3.8, 4) is 0 Å². The van der Waals surface area contributed by atoms with Gasteiger partial charge in [-0.1, -0.05) is 0 Å². The van der Waals surface area contributed by atoms with Crippen LogP contribution in [0.5, 0.6) is 0 Å². The van der Waals surface area contributed by atoms with E-state index in [4.69, 9.17) is 4.74 Å². The smallest absolute Gasteiger partial charge is 0.132 e. The molecule has 1 aromatic rings. The molecule has 0 radical (unpaired) electrons. The quantitative estimate of drug-likeness (QED) is 0.858. The molecule has 1 aliphatic heterocycles. The topological polar surface area (TPSA) is 58.5 Å². The zero-order valence-electron chi connectivity index (χ0n) is 10.5. The van der Waals surface area contributed by atoms with Gasteiger partial charge in [0.15, 0.2) is 0 Å². The van der Waals surface area contributed by atoms with Crippen LogP contribution in [-0.2, 0) is 4.74 Å². The summed E-state index contributed by atoms with van der Waals surface area (Å²) in [4.78, 5) is 10.9. The van der Waals surface area contributed by atoms with E-state index >= 15 is 0 Å². The molecular weight excluding hydrogens is 230 g/mol. The lowest BCUT2D eigenvalue weighted by molar-refractivity contribution is 0.0959. The molecule has 2 aliphatic rings. The van der Waals surface area contributed by atoms with E-state index in [9.17, 15) is 5.11 Å². The highest BCUT2D eigenvalue weighted by Crippen LogP contribution is 2.39. The number of hydrogen-bond donors (Lipinski definition) is 1. The second kappa shape index (κ2) is 5.20. The Balaban J connectivity index is 1.77. The Hall–Kier alpha value is -1.20. The Labute approximate surface area is 107 Å². The predicted molar refractivity (Wildman–Crippen MR) is 67.6 cm³/mol. The molecule has 1 saturated heterocycles. The number of rotatable bonds is 3. The first-order valence-electron chi connectivity index (χ1n) is 6.62. The maximum absolute atomic E-state index is 9.29. The number of aliphatic hydroxyl groups excluding tert-OH is 1. The fraction of sp³-hybridized carbons (Fsp3) is 0.692. The van der Waals surface area contributed by atoms with Crippen molar-refractivity contribution in [1.29, 1.82) is 0 Å². The summed E-state index contributed by atoms with van der Waals surface area (Å²) in [7, 11) is 0. The molecule has 3 rings (SSSR count). The van der Waals surface area contributed by atoms with Gasteiger partial charge in [0.1, 0.15) is 12.1 Å². The number of nitrogens with zero attached hydrogens (tertiary/aromatic N) is 3. The number of aliphatic hydroxyl groups is 1. The monoisotopic (exact) mass is 249 g/mol. The first-order valence-corrected chi connectivity index (χ1v) is 6.62. The molecule has 18 heavy (non-hydrogen) atoms. The first-order chi connectivity index (χ1) is 8.86. The van der Waals surface area contributed by atoms with Crippen LogP contribution in [0.1, 0.15) is 24.5 Å². The fourth-order valence-electron chi connectivity index (χ4n) is 2.34. The third-order valence-electron chi connectivity index (χ3n) is 3.59. The average Bonchev–Trinajstić information content (AvgIpc) is 3.25. The number of ether oxygens (including phenoxy) is 1. The maximum atomic E-state index is 9.29. The zero-order chi connectivity index (χ0) is 12.4. The Morgan fingerprint density at radius 3 is 3.06 bits per heavy atom. The molecule has 0 aromatic carbocycles. The van der Waals surface area contributed by atoms with Gasteiger partial charge in [-0.05, 0) is 12.8 Å². The minimum atomic E-state index is 0.164. The first kappa shape index (κ1) is 11.9. The van der Waals surface area contributed by atoms with E-state index in [1.54, 1.807) is 6.33 Å². The molecule has 1 aliphatic carbocycles. The molecular formula is C13H19N3O2. The van der Waals surface area contributed by atoms with Gasteiger partial charge in [0, 0.05) is 43.3 Å². The van der Waals surface area contributed by atoms with Gasteiger partial charge in [0.05, 0.1) is 13.2 Å². The molecule has 2 heterocycles. The maximum Gasteiger partial charge on any atom is 0.132 e. The zero-order valence-corrected chi connectivity index (χ0v) is 10.5. The standard InChI is InChI=1S/C13H19N3O2/c17-7-10-6-16(3-4-18-8-10)13-5-12(11-1-2-11)14-9-15-13/h5,9-11,17H,1-4,6-8H2/t10-/m0/s1. The largest absolute Gasteiger partial charge is 0.396 e. The van der Waals surface area contributed by atoms with E-state index in [1.165, 1.54) is 12.8 Å². The van der Waals surface area contributed by atoms with Crippen molar-refractivity contribution in [1.82, 2.24) is 9.97 Å². The van der Waals surface area contributed by atoms with Crippen molar-refractivity contribution in [3.63, 3.8) is 0 Å². The lowest BCUT2D eigenvalue weighted by Gasteiger charge is -2.23. The van der Waals surface area contributed by atoms with Crippen LogP contribution in [0.2, 0.25) is 0 Å². The van der Waals surface area contributed by atoms with Crippen LogP contribution in [0.3, 0.4) is 0 Å². The molecule has 1 atom stereocenters. The second-order valence-electron chi connectivity index (χ2n) is 5.14. The van der Waals surface area contributed by atoms with E-state index in [2.05, 4.69) is 20.9 Å². The van der Waals surface area contributed by atoms with Gasteiger partial charge in [-0.3, -0.25) is 0 Å². The van der Waals surface area contributed by atoms with Crippen molar-refractivity contribution < 1.29 is 9.84 Å². The van der Waals surface area contributed by atoms with Crippen LogP contribution >= 0.6 is 0 Å². The van der Waals surface area contributed by atoms with Crippen LogP contribution in [0.4, 0.5) is 5.82 Å². The van der Waals surface area contributed by atoms with Crippen molar-refractivity contribution >= 4 is 5.82 Å². The highest BCUT2D eigenvalue weighted by molar-refractivity contribution is 5.40. The average molecular weight is 249 g/mol. The van der Waals surface area contributed by atoms with Crippen LogP contribution in [0.15, 0.2) is 12.4 Å². The van der Waals surface area contributed by atoms with Gasteiger partial charge < -0.3 is 14.7 Å². The summed E-state index contributed by atoms with van der Waals surface area (Å²) in [6.45, 7) is 3.12. The summed E-state index contributed by atoms with van der Waals surface area (Å²) in [6.07, 6.45) is 4.15. The van der Waals surface area contributed by atoms with Crippen molar-refractivity contribution in [2.45, 2.75) is 18.8 Å². The number of hydrogen-bond acceptors (Lipinski definition) is 5. The van der Waals surface area contributed by atoms with Crippen molar-refractivity contribution in [2.24, 2.45) is 5.92 Å². The Morgan fingerprint density at radius 1 is 1.39 bits per heavy atom. The number of aromatic nitrogens is 2. The van der Waals surface area contributed by atoms with E-state index in [1.807, 2.05) is 0 Å². The van der Waals surface area contributed by atoms with Crippen LogP contribution < -0.4 is 4.90 Å². The normalized spacial score (nSPS) is 24.9. The van der Waals surface area contributed by atoms with Gasteiger partial charge >= 0.3 is 0 Å². The summed E-state index contributed by atoms with van der Waals surface area (Å²) < 4.78 is 5.49. The number of anilines is 1. The Morgan fingerprint density at radius 2 is 2.28 bits per heavy atom. The molecule has 1 N–H and O–H groups in total. The lowest BCUT2D eigenvalue weighted by Crippen LogP contribution is -2.32. The lowest BCUT2D eigenvalue weighted by atomic mass is 10.1. The molecule has 0 amide bonds. The summed E-state index contributed by atoms with van der Waals surface area (Å²) in [5.74, 6) is 1.78. The highest BCUT2D eigenvalue weighted by atomic mass is 16.5. The van der Waals surface area contributed by atoms with E-state index in [0.717, 1.165) is 24.6 Å². The molecule has 0 bridgehead atoms. The molecule has 1 aromatic heterocycles. The second-order valence-corrected chi connectivity index (χ2v) is 5.14. The third kappa shape index (κ3) is 2.62. The highest BCUT2D eigenvalue weighted by Gasteiger charge is 2.26. The molecule has 98 valence electrons. The predicted octanol–water partition coefficient (Wildman–Crippen LogP) is 0.799. The van der Waals surface area contributed by atoms with E-state index in [0.29, 0.717) is 19.1 Å². The summed E-state index contributed by atoms with van der Waals surface area (Å²) in [5, 5.41) is 9.29. The van der Waals surface area contributed by atoms with Crippen LogP contribution in [0, 0.1) is 5.92 Å². The molecule has 5 heteroatoms. The SMILES string of the molecule is OC[C@H]1COCCN(c2cc(C3CC3)ncn2)C1. The molecule has 0 spiro atoms. The van der Waals surface area contributed by atoms with E-state index in [-0.39, 0.29) is 12.5 Å². The van der Waals surface area contributed by atoms with Gasteiger partial charge in [-0.2, -0.15) is 0 Å². The summed E-state index contributed by atoms with van der Waals surface area (Å²) >= 11 is 0. The summed E-state index contributed by atoms with van der Waals surface area (Å²) in [5.41, 5.74) is 1.16. The third-order valence-corrected chi connectivity index (χ3v) is 3.59.